The van der Waals surface area contributed by atoms with Crippen LogP contribution in [0.3, 0.4) is 0 Å². The summed E-state index contributed by atoms with van der Waals surface area (Å²) in [6.07, 6.45) is 4.66. The minimum Gasteiger partial charge on any atom is -0.340 e. The second-order valence-electron chi connectivity index (χ2n) is 7.93. The third-order valence-electron chi connectivity index (χ3n) is 6.19. The highest BCUT2D eigenvalue weighted by molar-refractivity contribution is 5.77. The predicted molar refractivity (Wildman–Crippen MR) is 115 cm³/mol. The number of aromatic amines is 1. The van der Waals surface area contributed by atoms with Crippen molar-refractivity contribution >= 4 is 22.1 Å². The first-order valence-corrected chi connectivity index (χ1v) is 10.2. The van der Waals surface area contributed by atoms with Gasteiger partial charge in [0.1, 0.15) is 11.8 Å². The van der Waals surface area contributed by atoms with Crippen molar-refractivity contribution in [2.75, 3.05) is 6.54 Å². The van der Waals surface area contributed by atoms with Gasteiger partial charge in [-0.15, -0.1) is 0 Å². The molecule has 0 aliphatic carbocycles. The fraction of sp³-hybridized carbons (Fsp3) is 0.304. The fourth-order valence-corrected chi connectivity index (χ4v) is 4.34. The molecule has 150 valence electrons. The van der Waals surface area contributed by atoms with Crippen LogP contribution >= 0.6 is 0 Å². The van der Waals surface area contributed by atoms with Crippen molar-refractivity contribution in [1.29, 1.82) is 5.26 Å². The lowest BCUT2D eigenvalue weighted by Crippen LogP contribution is -2.54. The van der Waals surface area contributed by atoms with E-state index in [2.05, 4.69) is 43.6 Å². The molecule has 30 heavy (non-hydrogen) atoms. The SMILES string of the molecule is CCc1cc2ncc(CN3C[C@H](n4ccc5nc(C#N)ccc54)[C@H]3C)cc2[nH]c1=O. The minimum absolute atomic E-state index is 0.0333. The summed E-state index contributed by atoms with van der Waals surface area (Å²) in [7, 11) is 0. The molecule has 1 aliphatic rings. The van der Waals surface area contributed by atoms with Crippen molar-refractivity contribution in [2.24, 2.45) is 0 Å². The molecule has 7 nitrogen and oxygen atoms in total. The number of fused-ring (bicyclic) bond motifs is 2. The Bertz CT molecular complexity index is 1360. The highest BCUT2D eigenvalue weighted by Crippen LogP contribution is 2.33. The summed E-state index contributed by atoms with van der Waals surface area (Å²) < 4.78 is 2.26. The fourth-order valence-electron chi connectivity index (χ4n) is 4.34. The molecule has 0 bridgehead atoms. The summed E-state index contributed by atoms with van der Waals surface area (Å²) in [6, 6.07) is 12.4. The van der Waals surface area contributed by atoms with Crippen LogP contribution in [0, 0.1) is 11.3 Å². The maximum Gasteiger partial charge on any atom is 0.251 e. The smallest absolute Gasteiger partial charge is 0.251 e. The molecule has 5 rings (SSSR count). The van der Waals surface area contributed by atoms with Gasteiger partial charge in [0.25, 0.3) is 5.56 Å². The maximum absolute atomic E-state index is 12.1. The number of nitriles is 1. The molecular formula is C23H22N6O. The standard InChI is InChI=1S/C23H22N6O/c1-3-16-9-19-20(27-23(16)30)8-15(11-25-19)12-28-13-22(14(28)2)29-7-6-18-21(29)5-4-17(10-24)26-18/h4-9,11,14,22H,3,12-13H2,1-2H3,(H,27,30)/t14-,22+/m1/s1. The van der Waals surface area contributed by atoms with E-state index in [9.17, 15) is 4.79 Å². The Morgan fingerprint density at radius 1 is 1.27 bits per heavy atom. The van der Waals surface area contributed by atoms with Crippen LogP contribution in [0.2, 0.25) is 0 Å². The van der Waals surface area contributed by atoms with Crippen LogP contribution in [-0.2, 0) is 13.0 Å². The Morgan fingerprint density at radius 3 is 2.90 bits per heavy atom. The lowest BCUT2D eigenvalue weighted by Gasteiger charge is -2.47. The number of hydrogen-bond acceptors (Lipinski definition) is 5. The second-order valence-corrected chi connectivity index (χ2v) is 7.93. The third kappa shape index (κ3) is 2.97. The van der Waals surface area contributed by atoms with Crippen LogP contribution in [0.15, 0.2) is 47.5 Å². The average molecular weight is 398 g/mol. The molecule has 1 N–H and O–H groups in total. The summed E-state index contributed by atoms with van der Waals surface area (Å²) in [6.45, 7) is 5.91. The Labute approximate surface area is 173 Å². The molecule has 0 amide bonds. The first-order valence-electron chi connectivity index (χ1n) is 10.2. The van der Waals surface area contributed by atoms with E-state index in [1.807, 2.05) is 37.4 Å². The number of nitrogens with one attached hydrogen (secondary N) is 1. The van der Waals surface area contributed by atoms with E-state index in [0.29, 0.717) is 24.2 Å². The van der Waals surface area contributed by atoms with Gasteiger partial charge in [0.2, 0.25) is 0 Å². The Hall–Kier alpha value is -3.50. The van der Waals surface area contributed by atoms with E-state index in [1.54, 1.807) is 6.07 Å². The zero-order valence-electron chi connectivity index (χ0n) is 17.0. The highest BCUT2D eigenvalue weighted by Gasteiger charge is 2.37. The quantitative estimate of drug-likeness (QED) is 0.570. The number of nitrogens with zero attached hydrogens (tertiary/aromatic N) is 5. The number of H-pyrrole nitrogens is 1. The number of rotatable bonds is 4. The van der Waals surface area contributed by atoms with Crippen LogP contribution in [0.25, 0.3) is 22.1 Å². The molecule has 4 aromatic heterocycles. The van der Waals surface area contributed by atoms with Gasteiger partial charge in [-0.25, -0.2) is 4.98 Å². The molecular weight excluding hydrogens is 376 g/mol. The summed E-state index contributed by atoms with van der Waals surface area (Å²) in [4.78, 5) is 26.4. The maximum atomic E-state index is 12.1. The molecule has 1 aliphatic heterocycles. The van der Waals surface area contributed by atoms with Gasteiger partial charge in [0.05, 0.1) is 28.1 Å². The van der Waals surface area contributed by atoms with E-state index >= 15 is 0 Å². The zero-order chi connectivity index (χ0) is 20.8. The number of aromatic nitrogens is 4. The largest absolute Gasteiger partial charge is 0.340 e. The lowest BCUT2D eigenvalue weighted by atomic mass is 9.96. The van der Waals surface area contributed by atoms with Crippen LogP contribution < -0.4 is 5.56 Å². The number of likely N-dealkylation sites (tertiary alicyclic amines) is 1. The van der Waals surface area contributed by atoms with Crippen molar-refractivity contribution < 1.29 is 0 Å². The van der Waals surface area contributed by atoms with Gasteiger partial charge in [-0.3, -0.25) is 14.7 Å². The molecule has 1 saturated heterocycles. The van der Waals surface area contributed by atoms with Crippen LogP contribution in [0.5, 0.6) is 0 Å². The van der Waals surface area contributed by atoms with Gasteiger partial charge in [0.15, 0.2) is 0 Å². The monoisotopic (exact) mass is 398 g/mol. The summed E-state index contributed by atoms with van der Waals surface area (Å²) in [5, 5.41) is 9.04. The van der Waals surface area contributed by atoms with E-state index in [4.69, 9.17) is 5.26 Å². The normalized spacial score (nSPS) is 19.1. The number of hydrogen-bond donors (Lipinski definition) is 1. The minimum atomic E-state index is -0.0333. The third-order valence-corrected chi connectivity index (χ3v) is 6.19. The predicted octanol–water partition coefficient (Wildman–Crippen LogP) is 3.15. The molecule has 0 aromatic carbocycles. The number of pyridine rings is 3. The van der Waals surface area contributed by atoms with Crippen LogP contribution in [0.4, 0.5) is 0 Å². The van der Waals surface area contributed by atoms with Crippen molar-refractivity contribution in [2.45, 2.75) is 38.9 Å². The molecule has 0 radical (unpaired) electrons. The van der Waals surface area contributed by atoms with Crippen molar-refractivity contribution in [3.05, 3.63) is 69.9 Å². The van der Waals surface area contributed by atoms with E-state index in [-0.39, 0.29) is 5.56 Å². The van der Waals surface area contributed by atoms with Crippen LogP contribution in [0.1, 0.15) is 36.7 Å². The topological polar surface area (TPSA) is 90.6 Å². The van der Waals surface area contributed by atoms with Crippen molar-refractivity contribution in [1.82, 2.24) is 24.4 Å². The van der Waals surface area contributed by atoms with E-state index < -0.39 is 0 Å². The second kappa shape index (κ2) is 7.08. The summed E-state index contributed by atoms with van der Waals surface area (Å²) in [5.41, 5.74) is 5.78. The Morgan fingerprint density at radius 2 is 2.13 bits per heavy atom. The molecule has 5 heterocycles. The van der Waals surface area contributed by atoms with Gasteiger partial charge in [-0.1, -0.05) is 6.92 Å². The zero-order valence-corrected chi connectivity index (χ0v) is 17.0. The lowest BCUT2D eigenvalue weighted by molar-refractivity contribution is 0.0299. The first-order chi connectivity index (χ1) is 14.6. The molecule has 0 saturated carbocycles. The highest BCUT2D eigenvalue weighted by atomic mass is 16.1. The molecule has 4 aromatic rings. The number of aryl methyl sites for hydroxylation is 1. The molecule has 7 heteroatoms. The van der Waals surface area contributed by atoms with E-state index in [0.717, 1.165) is 46.3 Å². The van der Waals surface area contributed by atoms with Crippen LogP contribution in [-0.4, -0.2) is 37.0 Å². The summed E-state index contributed by atoms with van der Waals surface area (Å²) in [5.74, 6) is 0. The van der Waals surface area contributed by atoms with Gasteiger partial charge in [-0.2, -0.15) is 5.26 Å². The van der Waals surface area contributed by atoms with Gasteiger partial charge < -0.3 is 9.55 Å². The summed E-state index contributed by atoms with van der Waals surface area (Å²) >= 11 is 0. The molecule has 0 unspecified atom stereocenters. The first kappa shape index (κ1) is 18.5. The molecule has 2 atom stereocenters. The van der Waals surface area contributed by atoms with Crippen molar-refractivity contribution in [3.63, 3.8) is 0 Å². The molecule has 1 fully saturated rings. The van der Waals surface area contributed by atoms with Crippen molar-refractivity contribution in [3.8, 4) is 6.07 Å². The Balaban J connectivity index is 1.35. The average Bonchev–Trinajstić information content (AvgIpc) is 3.17. The van der Waals surface area contributed by atoms with Gasteiger partial charge in [-0.05, 0) is 49.2 Å². The van der Waals surface area contributed by atoms with Gasteiger partial charge >= 0.3 is 0 Å². The molecule has 0 spiro atoms. The van der Waals surface area contributed by atoms with E-state index in [1.165, 1.54) is 0 Å². The Kier molecular flexibility index (Phi) is 4.37. The van der Waals surface area contributed by atoms with Gasteiger partial charge in [0, 0.05) is 37.1 Å².